The number of nitrogens with zero attached hydrogens (tertiary/aromatic N) is 1. The van der Waals surface area contributed by atoms with Crippen molar-refractivity contribution in [3.8, 4) is 17.2 Å². The Kier molecular flexibility index (Phi) is 3.47. The predicted molar refractivity (Wildman–Crippen MR) is 101 cm³/mol. The Hall–Kier alpha value is -3.28. The number of fused-ring (bicyclic) bond motifs is 3. The van der Waals surface area contributed by atoms with E-state index < -0.39 is 0 Å². The first-order valence-corrected chi connectivity index (χ1v) is 8.92. The number of para-hydroxylation sites is 1. The van der Waals surface area contributed by atoms with E-state index in [0.717, 1.165) is 34.8 Å². The van der Waals surface area contributed by atoms with E-state index in [0.29, 0.717) is 28.7 Å². The number of hydrogen-bond donors (Lipinski definition) is 1. The van der Waals surface area contributed by atoms with E-state index in [2.05, 4.69) is 10.3 Å². The number of furan rings is 1. The maximum atomic E-state index is 12.4. The molecule has 5 rings (SSSR count). The van der Waals surface area contributed by atoms with Gasteiger partial charge in [0.05, 0.1) is 7.11 Å². The van der Waals surface area contributed by atoms with Crippen molar-refractivity contribution in [1.29, 1.82) is 0 Å². The molecule has 6 nitrogen and oxygen atoms in total. The summed E-state index contributed by atoms with van der Waals surface area (Å²) in [4.78, 5) is 16.9. The van der Waals surface area contributed by atoms with E-state index in [-0.39, 0.29) is 11.9 Å². The lowest BCUT2D eigenvalue weighted by atomic mass is 10.1. The maximum absolute atomic E-state index is 12.4. The normalized spacial score (nSPS) is 14.0. The molecule has 2 aromatic carbocycles. The van der Waals surface area contributed by atoms with Gasteiger partial charge in [-0.1, -0.05) is 18.2 Å². The minimum absolute atomic E-state index is 0.188. The lowest BCUT2D eigenvalue weighted by Gasteiger charge is -2.03. The molecular weight excluding hydrogens is 344 g/mol. The van der Waals surface area contributed by atoms with Crippen LogP contribution in [0.2, 0.25) is 0 Å². The zero-order valence-electron chi connectivity index (χ0n) is 15.0. The van der Waals surface area contributed by atoms with E-state index in [1.165, 1.54) is 0 Å². The molecule has 0 aliphatic heterocycles. The third kappa shape index (κ3) is 2.56. The molecular formula is C21H18N2O4. The Labute approximate surface area is 155 Å². The van der Waals surface area contributed by atoms with Crippen LogP contribution in [-0.4, -0.2) is 24.0 Å². The predicted octanol–water partition coefficient (Wildman–Crippen LogP) is 4.45. The van der Waals surface area contributed by atoms with Crippen LogP contribution in [0, 0.1) is 6.92 Å². The van der Waals surface area contributed by atoms with Crippen LogP contribution in [0.1, 0.15) is 29.1 Å². The number of aryl methyl sites for hydroxylation is 1. The van der Waals surface area contributed by atoms with Crippen molar-refractivity contribution in [2.75, 3.05) is 7.11 Å². The van der Waals surface area contributed by atoms with Gasteiger partial charge >= 0.3 is 0 Å². The van der Waals surface area contributed by atoms with Crippen LogP contribution < -0.4 is 10.1 Å². The molecule has 0 bridgehead atoms. The number of amides is 1. The molecule has 0 unspecified atom stereocenters. The van der Waals surface area contributed by atoms with E-state index in [9.17, 15) is 4.79 Å². The molecule has 136 valence electrons. The number of aromatic nitrogens is 1. The van der Waals surface area contributed by atoms with Crippen LogP contribution in [0.25, 0.3) is 33.4 Å². The topological polar surface area (TPSA) is 77.5 Å². The molecule has 1 fully saturated rings. The highest BCUT2D eigenvalue weighted by atomic mass is 16.5. The number of carbonyl (C=O) groups is 1. The Balaban J connectivity index is 1.70. The molecule has 0 atom stereocenters. The first kappa shape index (κ1) is 15.9. The first-order chi connectivity index (χ1) is 13.2. The average molecular weight is 362 g/mol. The standard InChI is InChI=1S/C21H18N2O4/c1-11-18(20(24)22-12-7-8-12)23-21(26-11)14-9-10-16(25-2)19-17(14)13-5-3-4-6-15(13)27-19/h3-6,9-10,12H,7-8H2,1-2H3,(H,22,24). The Morgan fingerprint density at radius 1 is 1.19 bits per heavy atom. The summed E-state index contributed by atoms with van der Waals surface area (Å²) in [6.45, 7) is 1.76. The summed E-state index contributed by atoms with van der Waals surface area (Å²) >= 11 is 0. The molecule has 1 amide bonds. The molecule has 1 N–H and O–H groups in total. The smallest absolute Gasteiger partial charge is 0.273 e. The summed E-state index contributed by atoms with van der Waals surface area (Å²) in [6, 6.07) is 11.7. The van der Waals surface area contributed by atoms with Gasteiger partial charge in [0.15, 0.2) is 17.0 Å². The van der Waals surface area contributed by atoms with Crippen LogP contribution in [0.5, 0.6) is 5.75 Å². The van der Waals surface area contributed by atoms with E-state index in [1.54, 1.807) is 14.0 Å². The van der Waals surface area contributed by atoms with Crippen molar-refractivity contribution in [2.45, 2.75) is 25.8 Å². The van der Waals surface area contributed by atoms with Gasteiger partial charge in [0.2, 0.25) is 5.89 Å². The van der Waals surface area contributed by atoms with Gasteiger partial charge < -0.3 is 18.9 Å². The quantitative estimate of drug-likeness (QED) is 0.580. The summed E-state index contributed by atoms with van der Waals surface area (Å²) < 4.78 is 17.3. The lowest BCUT2D eigenvalue weighted by Crippen LogP contribution is -2.26. The van der Waals surface area contributed by atoms with Crippen molar-refractivity contribution in [3.63, 3.8) is 0 Å². The van der Waals surface area contributed by atoms with Gasteiger partial charge in [0.25, 0.3) is 5.91 Å². The number of carbonyl (C=O) groups excluding carboxylic acids is 1. The van der Waals surface area contributed by atoms with Crippen molar-refractivity contribution in [2.24, 2.45) is 0 Å². The maximum Gasteiger partial charge on any atom is 0.273 e. The van der Waals surface area contributed by atoms with E-state index in [4.69, 9.17) is 13.6 Å². The van der Waals surface area contributed by atoms with Crippen molar-refractivity contribution < 1.29 is 18.4 Å². The highest BCUT2D eigenvalue weighted by molar-refractivity contribution is 6.13. The monoisotopic (exact) mass is 362 g/mol. The molecule has 4 aromatic rings. The summed E-state index contributed by atoms with van der Waals surface area (Å²) in [5, 5.41) is 4.76. The van der Waals surface area contributed by atoms with Gasteiger partial charge in [0, 0.05) is 22.4 Å². The summed E-state index contributed by atoms with van der Waals surface area (Å²) in [6.07, 6.45) is 2.05. The number of benzene rings is 2. The Morgan fingerprint density at radius 2 is 2.00 bits per heavy atom. The van der Waals surface area contributed by atoms with E-state index >= 15 is 0 Å². The molecule has 27 heavy (non-hydrogen) atoms. The first-order valence-electron chi connectivity index (χ1n) is 8.92. The molecule has 1 saturated carbocycles. The molecule has 0 spiro atoms. The largest absolute Gasteiger partial charge is 0.493 e. The van der Waals surface area contributed by atoms with Gasteiger partial charge in [-0.3, -0.25) is 4.79 Å². The molecule has 1 aliphatic carbocycles. The second kappa shape index (κ2) is 5.87. The third-order valence-corrected chi connectivity index (χ3v) is 4.86. The summed E-state index contributed by atoms with van der Waals surface area (Å²) in [5.74, 6) is 1.35. The van der Waals surface area contributed by atoms with Crippen molar-refractivity contribution in [3.05, 3.63) is 47.9 Å². The number of nitrogens with one attached hydrogen (secondary N) is 1. The fourth-order valence-electron chi connectivity index (χ4n) is 3.35. The van der Waals surface area contributed by atoms with E-state index in [1.807, 2.05) is 36.4 Å². The van der Waals surface area contributed by atoms with Gasteiger partial charge in [-0.15, -0.1) is 0 Å². The number of hydrogen-bond acceptors (Lipinski definition) is 5. The van der Waals surface area contributed by atoms with Crippen molar-refractivity contribution >= 4 is 27.8 Å². The minimum Gasteiger partial charge on any atom is -0.493 e. The van der Waals surface area contributed by atoms with Crippen LogP contribution in [0.15, 0.2) is 45.2 Å². The number of oxazole rings is 1. The highest BCUT2D eigenvalue weighted by Crippen LogP contribution is 2.41. The van der Waals surface area contributed by atoms with Gasteiger partial charge in [0.1, 0.15) is 11.3 Å². The fraction of sp³-hybridized carbons (Fsp3) is 0.238. The van der Waals surface area contributed by atoms with Gasteiger partial charge in [-0.25, -0.2) is 4.98 Å². The van der Waals surface area contributed by atoms with Crippen molar-refractivity contribution in [1.82, 2.24) is 10.3 Å². The highest BCUT2D eigenvalue weighted by Gasteiger charge is 2.27. The SMILES string of the molecule is COc1ccc(-c2nc(C(=O)NC3CC3)c(C)o2)c2c1oc1ccccc12. The summed E-state index contributed by atoms with van der Waals surface area (Å²) in [7, 11) is 1.61. The number of methoxy groups -OCH3 is 1. The van der Waals surface area contributed by atoms with Crippen LogP contribution in [0.4, 0.5) is 0 Å². The Bertz CT molecular complexity index is 1180. The molecule has 0 radical (unpaired) electrons. The minimum atomic E-state index is -0.188. The van der Waals surface area contributed by atoms with Crippen LogP contribution in [0.3, 0.4) is 0 Å². The number of rotatable bonds is 4. The second-order valence-electron chi connectivity index (χ2n) is 6.79. The molecule has 1 aliphatic rings. The second-order valence-corrected chi connectivity index (χ2v) is 6.79. The number of ether oxygens (including phenoxy) is 1. The zero-order chi connectivity index (χ0) is 18.5. The van der Waals surface area contributed by atoms with Crippen LogP contribution >= 0.6 is 0 Å². The Morgan fingerprint density at radius 3 is 2.78 bits per heavy atom. The van der Waals surface area contributed by atoms with Crippen LogP contribution in [-0.2, 0) is 0 Å². The molecule has 2 heterocycles. The third-order valence-electron chi connectivity index (χ3n) is 4.86. The average Bonchev–Trinajstić information content (AvgIpc) is 3.27. The molecule has 0 saturated heterocycles. The zero-order valence-corrected chi connectivity index (χ0v) is 15.0. The fourth-order valence-corrected chi connectivity index (χ4v) is 3.35. The lowest BCUT2D eigenvalue weighted by molar-refractivity contribution is 0.0945. The van der Waals surface area contributed by atoms with Gasteiger partial charge in [-0.05, 0) is 38.0 Å². The molecule has 2 aromatic heterocycles. The van der Waals surface area contributed by atoms with Gasteiger partial charge in [-0.2, -0.15) is 0 Å². The molecule has 6 heteroatoms. The summed E-state index contributed by atoms with van der Waals surface area (Å²) in [5.41, 5.74) is 2.49.